The van der Waals surface area contributed by atoms with Gasteiger partial charge in [0.1, 0.15) is 5.60 Å². The van der Waals surface area contributed by atoms with Crippen LogP contribution in [0, 0.1) is 5.41 Å². The van der Waals surface area contributed by atoms with Crippen molar-refractivity contribution in [3.8, 4) is 0 Å². The quantitative estimate of drug-likeness (QED) is 0.689. The summed E-state index contributed by atoms with van der Waals surface area (Å²) in [5.74, 6) is -0.811. The Morgan fingerprint density at radius 2 is 1.96 bits per heavy atom. The van der Waals surface area contributed by atoms with Gasteiger partial charge in [-0.25, -0.2) is 4.79 Å². The first-order valence-corrected chi connectivity index (χ1v) is 9.66. The fourth-order valence-corrected chi connectivity index (χ4v) is 3.77. The zero-order valence-corrected chi connectivity index (χ0v) is 15.9. The Morgan fingerprint density at radius 1 is 1.29 bits per heavy atom. The van der Waals surface area contributed by atoms with Crippen LogP contribution >= 0.6 is 11.3 Å². The van der Waals surface area contributed by atoms with Gasteiger partial charge in [0.05, 0.1) is 5.41 Å². The van der Waals surface area contributed by atoms with Crippen molar-refractivity contribution in [1.82, 2.24) is 0 Å². The van der Waals surface area contributed by atoms with Crippen molar-refractivity contribution in [2.45, 2.75) is 77.9 Å². The van der Waals surface area contributed by atoms with Gasteiger partial charge in [0.2, 0.25) is 0 Å². The van der Waals surface area contributed by atoms with Gasteiger partial charge in [-0.2, -0.15) is 0 Å². The summed E-state index contributed by atoms with van der Waals surface area (Å²) in [6.45, 7) is 7.16. The smallest absolute Gasteiger partial charge is 0.348 e. The van der Waals surface area contributed by atoms with Crippen molar-refractivity contribution in [3.05, 3.63) is 22.4 Å². The van der Waals surface area contributed by atoms with Gasteiger partial charge in [0.25, 0.3) is 0 Å². The number of rotatable bonds is 6. The molecule has 0 N–H and O–H groups in total. The van der Waals surface area contributed by atoms with E-state index in [1.54, 1.807) is 18.3 Å². The average molecular weight is 352 g/mol. The zero-order valence-electron chi connectivity index (χ0n) is 15.1. The lowest BCUT2D eigenvalue weighted by Crippen LogP contribution is -2.39. The molecule has 24 heavy (non-hydrogen) atoms. The molecule has 1 aliphatic carbocycles. The van der Waals surface area contributed by atoms with Crippen LogP contribution in [0.4, 0.5) is 0 Å². The Bertz CT molecular complexity index is 556. The highest BCUT2D eigenvalue weighted by Crippen LogP contribution is 2.42. The summed E-state index contributed by atoms with van der Waals surface area (Å²) in [5.41, 5.74) is -1.14. The minimum Gasteiger partial charge on any atom is -0.451 e. The van der Waals surface area contributed by atoms with Crippen molar-refractivity contribution in [1.29, 1.82) is 0 Å². The summed E-state index contributed by atoms with van der Waals surface area (Å²) >= 11 is 1.62. The second-order valence-electron chi connectivity index (χ2n) is 7.24. The van der Waals surface area contributed by atoms with Gasteiger partial charge in [-0.3, -0.25) is 4.79 Å². The number of hydrogen-bond donors (Lipinski definition) is 0. The summed E-state index contributed by atoms with van der Waals surface area (Å²) in [4.78, 5) is 25.8. The number of thiophene rings is 1. The van der Waals surface area contributed by atoms with Crippen LogP contribution in [0.15, 0.2) is 17.5 Å². The molecule has 4 nitrogen and oxygen atoms in total. The number of ether oxygens (including phenoxy) is 2. The third kappa shape index (κ3) is 4.18. The predicted molar refractivity (Wildman–Crippen MR) is 94.8 cm³/mol. The Labute approximate surface area is 148 Å². The van der Waals surface area contributed by atoms with Crippen LogP contribution in [0.25, 0.3) is 0 Å². The van der Waals surface area contributed by atoms with E-state index in [0.717, 1.165) is 30.6 Å². The molecule has 1 saturated carbocycles. The van der Waals surface area contributed by atoms with Gasteiger partial charge in [0.15, 0.2) is 6.10 Å². The van der Waals surface area contributed by atoms with E-state index < -0.39 is 23.1 Å². The van der Waals surface area contributed by atoms with E-state index in [-0.39, 0.29) is 5.97 Å². The highest BCUT2D eigenvalue weighted by atomic mass is 32.1. The lowest BCUT2D eigenvalue weighted by atomic mass is 9.83. The van der Waals surface area contributed by atoms with Gasteiger partial charge < -0.3 is 9.47 Å². The summed E-state index contributed by atoms with van der Waals surface area (Å²) in [6, 6.07) is 4.01. The molecular weight excluding hydrogens is 324 g/mol. The van der Waals surface area contributed by atoms with E-state index in [4.69, 9.17) is 9.47 Å². The molecule has 0 spiro atoms. The van der Waals surface area contributed by atoms with Crippen LogP contribution in [0.5, 0.6) is 0 Å². The van der Waals surface area contributed by atoms with Gasteiger partial charge in [-0.05, 0) is 64.3 Å². The summed E-state index contributed by atoms with van der Waals surface area (Å²) < 4.78 is 11.3. The van der Waals surface area contributed by atoms with Gasteiger partial charge in [-0.1, -0.05) is 19.4 Å². The van der Waals surface area contributed by atoms with Crippen LogP contribution < -0.4 is 0 Å². The highest BCUT2D eigenvalue weighted by Gasteiger charge is 2.40. The van der Waals surface area contributed by atoms with E-state index in [2.05, 4.69) is 0 Å². The number of carbonyl (C=O) groups excluding carboxylic acids is 2. The molecule has 5 heteroatoms. The second-order valence-corrected chi connectivity index (χ2v) is 8.19. The Hall–Kier alpha value is -1.36. The van der Waals surface area contributed by atoms with Crippen LogP contribution in [0.1, 0.15) is 71.1 Å². The molecule has 1 aliphatic rings. The molecule has 134 valence electrons. The van der Waals surface area contributed by atoms with E-state index in [1.165, 1.54) is 6.42 Å². The van der Waals surface area contributed by atoms with Crippen molar-refractivity contribution in [2.75, 3.05) is 0 Å². The fourth-order valence-electron chi connectivity index (χ4n) is 2.85. The molecule has 1 aromatic heterocycles. The van der Waals surface area contributed by atoms with Gasteiger partial charge in [0, 0.05) is 4.88 Å². The minimum absolute atomic E-state index is 0.358. The average Bonchev–Trinajstić information content (AvgIpc) is 3.10. The molecule has 0 amide bonds. The van der Waals surface area contributed by atoms with Crippen molar-refractivity contribution < 1.29 is 19.1 Å². The first-order valence-electron chi connectivity index (χ1n) is 8.79. The third-order valence-corrected chi connectivity index (χ3v) is 6.03. The highest BCUT2D eigenvalue weighted by molar-refractivity contribution is 7.10. The van der Waals surface area contributed by atoms with Crippen LogP contribution in [-0.2, 0) is 24.7 Å². The normalized spacial score (nSPS) is 18.7. The number of esters is 2. The molecule has 1 heterocycles. The van der Waals surface area contributed by atoms with Crippen molar-refractivity contribution in [2.24, 2.45) is 5.41 Å². The van der Waals surface area contributed by atoms with Crippen LogP contribution in [0.2, 0.25) is 0 Å². The molecule has 0 aromatic carbocycles. The lowest BCUT2D eigenvalue weighted by molar-refractivity contribution is -0.185. The first kappa shape index (κ1) is 19.0. The number of hydrogen-bond acceptors (Lipinski definition) is 5. The molecular formula is C19H28O4S. The molecule has 0 radical (unpaired) electrons. The topological polar surface area (TPSA) is 52.6 Å². The molecule has 0 aliphatic heterocycles. The van der Waals surface area contributed by atoms with E-state index in [0.29, 0.717) is 6.42 Å². The lowest BCUT2D eigenvalue weighted by Gasteiger charge is -2.36. The molecule has 2 rings (SSSR count). The van der Waals surface area contributed by atoms with Gasteiger partial charge >= 0.3 is 11.9 Å². The molecule has 1 unspecified atom stereocenters. The molecule has 0 bridgehead atoms. The number of carbonyl (C=O) groups is 2. The minimum atomic E-state index is -0.887. The van der Waals surface area contributed by atoms with E-state index >= 15 is 0 Å². The molecule has 1 aromatic rings. The Kier molecular flexibility index (Phi) is 6.07. The zero-order chi connectivity index (χ0) is 17.8. The Balaban J connectivity index is 2.07. The van der Waals surface area contributed by atoms with Crippen molar-refractivity contribution in [3.63, 3.8) is 0 Å². The predicted octanol–water partition coefficient (Wildman–Crippen LogP) is 4.82. The maximum atomic E-state index is 12.6. The molecule has 1 fully saturated rings. The standard InChI is InChI=1S/C19H28O4S/c1-5-18(3,4)17(21)22-14(2)16(20)23-19(11-7-6-8-12-19)15-10-9-13-24-15/h9-10,13-14H,5-8,11-12H2,1-4H3. The summed E-state index contributed by atoms with van der Waals surface area (Å²) in [5, 5.41) is 2.01. The first-order chi connectivity index (χ1) is 11.3. The molecule has 1 atom stereocenters. The van der Waals surface area contributed by atoms with E-state index in [1.807, 2.05) is 38.3 Å². The SMILES string of the molecule is CCC(C)(C)C(=O)OC(C)C(=O)OC1(c2cccs2)CCCCC1. The molecule has 0 saturated heterocycles. The summed E-state index contributed by atoms with van der Waals surface area (Å²) in [7, 11) is 0. The van der Waals surface area contributed by atoms with Gasteiger partial charge in [-0.15, -0.1) is 11.3 Å². The third-order valence-electron chi connectivity index (χ3n) is 4.98. The largest absolute Gasteiger partial charge is 0.451 e. The van der Waals surface area contributed by atoms with Crippen LogP contribution in [0.3, 0.4) is 0 Å². The summed E-state index contributed by atoms with van der Waals surface area (Å²) in [6.07, 6.45) is 4.69. The Morgan fingerprint density at radius 3 is 2.50 bits per heavy atom. The maximum Gasteiger partial charge on any atom is 0.348 e. The second kappa shape index (κ2) is 7.68. The monoisotopic (exact) mass is 352 g/mol. The van der Waals surface area contributed by atoms with E-state index in [9.17, 15) is 9.59 Å². The van der Waals surface area contributed by atoms with Crippen molar-refractivity contribution >= 4 is 23.3 Å². The fraction of sp³-hybridized carbons (Fsp3) is 0.684. The maximum absolute atomic E-state index is 12.6. The van der Waals surface area contributed by atoms with Crippen LogP contribution in [-0.4, -0.2) is 18.0 Å².